The fourth-order valence-electron chi connectivity index (χ4n) is 2.62. The summed E-state index contributed by atoms with van der Waals surface area (Å²) in [5, 5.41) is 3.30. The van der Waals surface area contributed by atoms with Crippen LogP contribution in [0.15, 0.2) is 24.3 Å². The third-order valence-corrected chi connectivity index (χ3v) is 3.83. The zero-order valence-corrected chi connectivity index (χ0v) is 14.2. The SMILES string of the molecule is COc1ccc(OC)c(Nc2cc(N3CCOCC3)nc(C)n2)c1. The van der Waals surface area contributed by atoms with Crippen LogP contribution in [0.3, 0.4) is 0 Å². The molecule has 1 aromatic heterocycles. The van der Waals surface area contributed by atoms with Crippen molar-refractivity contribution in [2.45, 2.75) is 6.92 Å². The van der Waals surface area contributed by atoms with Crippen LogP contribution in [0.4, 0.5) is 17.3 Å². The molecule has 0 bridgehead atoms. The molecule has 1 aliphatic rings. The molecular weight excluding hydrogens is 308 g/mol. The van der Waals surface area contributed by atoms with Crippen LogP contribution in [0, 0.1) is 6.92 Å². The van der Waals surface area contributed by atoms with Crippen molar-refractivity contribution in [3.63, 3.8) is 0 Å². The fraction of sp³-hybridized carbons (Fsp3) is 0.412. The van der Waals surface area contributed by atoms with Crippen LogP contribution in [0.25, 0.3) is 0 Å². The van der Waals surface area contributed by atoms with Crippen molar-refractivity contribution in [2.24, 2.45) is 0 Å². The van der Waals surface area contributed by atoms with Crippen molar-refractivity contribution in [1.82, 2.24) is 9.97 Å². The molecule has 1 fully saturated rings. The Labute approximate surface area is 141 Å². The first-order chi connectivity index (χ1) is 11.7. The van der Waals surface area contributed by atoms with Gasteiger partial charge in [0.15, 0.2) is 0 Å². The summed E-state index contributed by atoms with van der Waals surface area (Å²) in [7, 11) is 3.27. The van der Waals surface area contributed by atoms with Crippen molar-refractivity contribution >= 4 is 17.3 Å². The number of morpholine rings is 1. The first-order valence-corrected chi connectivity index (χ1v) is 7.87. The highest BCUT2D eigenvalue weighted by Gasteiger charge is 2.15. The lowest BCUT2D eigenvalue weighted by Crippen LogP contribution is -2.36. The molecule has 7 heteroatoms. The first-order valence-electron chi connectivity index (χ1n) is 7.87. The molecule has 3 rings (SSSR count). The van der Waals surface area contributed by atoms with Gasteiger partial charge in [-0.05, 0) is 19.1 Å². The molecule has 0 saturated carbocycles. The fourth-order valence-corrected chi connectivity index (χ4v) is 2.62. The largest absolute Gasteiger partial charge is 0.497 e. The Balaban J connectivity index is 1.88. The van der Waals surface area contributed by atoms with Gasteiger partial charge in [0.1, 0.15) is 29.0 Å². The Kier molecular flexibility index (Phi) is 5.00. The van der Waals surface area contributed by atoms with Crippen molar-refractivity contribution in [1.29, 1.82) is 0 Å². The monoisotopic (exact) mass is 330 g/mol. The summed E-state index contributed by atoms with van der Waals surface area (Å²) in [6.07, 6.45) is 0. The maximum Gasteiger partial charge on any atom is 0.142 e. The predicted octanol–water partition coefficient (Wildman–Crippen LogP) is 2.38. The molecule has 0 spiro atoms. The third kappa shape index (κ3) is 3.68. The van der Waals surface area contributed by atoms with Gasteiger partial charge >= 0.3 is 0 Å². The van der Waals surface area contributed by atoms with Gasteiger partial charge in [0.25, 0.3) is 0 Å². The zero-order valence-electron chi connectivity index (χ0n) is 14.2. The molecule has 0 atom stereocenters. The molecule has 0 amide bonds. The molecule has 24 heavy (non-hydrogen) atoms. The van der Waals surface area contributed by atoms with Gasteiger partial charge in [0.2, 0.25) is 0 Å². The lowest BCUT2D eigenvalue weighted by molar-refractivity contribution is 0.122. The Bertz CT molecular complexity index is 702. The highest BCUT2D eigenvalue weighted by Crippen LogP contribution is 2.31. The van der Waals surface area contributed by atoms with Crippen LogP contribution in [0.5, 0.6) is 11.5 Å². The molecule has 2 aromatic rings. The van der Waals surface area contributed by atoms with Gasteiger partial charge in [0.05, 0.1) is 33.1 Å². The number of hydrogen-bond acceptors (Lipinski definition) is 7. The van der Waals surface area contributed by atoms with E-state index in [0.717, 1.165) is 55.1 Å². The van der Waals surface area contributed by atoms with Gasteiger partial charge < -0.3 is 24.4 Å². The number of anilines is 3. The van der Waals surface area contributed by atoms with Crippen LogP contribution < -0.4 is 19.7 Å². The Morgan fingerprint density at radius 2 is 1.88 bits per heavy atom. The second kappa shape index (κ2) is 7.35. The summed E-state index contributed by atoms with van der Waals surface area (Å²) in [4.78, 5) is 11.2. The quantitative estimate of drug-likeness (QED) is 0.902. The minimum absolute atomic E-state index is 0.711. The smallest absolute Gasteiger partial charge is 0.142 e. The Hall–Kier alpha value is -2.54. The van der Waals surface area contributed by atoms with Crippen LogP contribution >= 0.6 is 0 Å². The molecule has 0 unspecified atom stereocenters. The summed E-state index contributed by atoms with van der Waals surface area (Å²) in [5.74, 6) is 3.80. The molecule has 1 N–H and O–H groups in total. The van der Waals surface area contributed by atoms with E-state index >= 15 is 0 Å². The highest BCUT2D eigenvalue weighted by molar-refractivity contribution is 5.67. The van der Waals surface area contributed by atoms with Crippen molar-refractivity contribution in [2.75, 3.05) is 50.7 Å². The number of nitrogens with zero attached hydrogens (tertiary/aromatic N) is 3. The van der Waals surface area contributed by atoms with Gasteiger partial charge in [-0.15, -0.1) is 0 Å². The maximum atomic E-state index is 5.41. The number of rotatable bonds is 5. The molecule has 1 aliphatic heterocycles. The van der Waals surface area contributed by atoms with Crippen molar-refractivity contribution in [3.8, 4) is 11.5 Å². The van der Waals surface area contributed by atoms with E-state index in [1.165, 1.54) is 0 Å². The molecule has 1 aromatic carbocycles. The van der Waals surface area contributed by atoms with E-state index in [9.17, 15) is 0 Å². The molecular formula is C17H22N4O3. The topological polar surface area (TPSA) is 68.7 Å². The van der Waals surface area contributed by atoms with E-state index in [-0.39, 0.29) is 0 Å². The Morgan fingerprint density at radius 3 is 2.58 bits per heavy atom. The number of ether oxygens (including phenoxy) is 3. The number of methoxy groups -OCH3 is 2. The third-order valence-electron chi connectivity index (χ3n) is 3.83. The lowest BCUT2D eigenvalue weighted by atomic mass is 10.2. The molecule has 128 valence electrons. The number of aryl methyl sites for hydroxylation is 1. The highest BCUT2D eigenvalue weighted by atomic mass is 16.5. The van der Waals surface area contributed by atoms with E-state index < -0.39 is 0 Å². The van der Waals surface area contributed by atoms with E-state index in [2.05, 4.69) is 20.2 Å². The van der Waals surface area contributed by atoms with Crippen LogP contribution in [0.2, 0.25) is 0 Å². The van der Waals surface area contributed by atoms with Crippen molar-refractivity contribution in [3.05, 3.63) is 30.1 Å². The molecule has 0 aliphatic carbocycles. The van der Waals surface area contributed by atoms with Crippen LogP contribution in [-0.4, -0.2) is 50.5 Å². The second-order valence-corrected chi connectivity index (χ2v) is 5.45. The average molecular weight is 330 g/mol. The number of aromatic nitrogens is 2. The second-order valence-electron chi connectivity index (χ2n) is 5.45. The summed E-state index contributed by atoms with van der Waals surface area (Å²) in [6, 6.07) is 7.54. The summed E-state index contributed by atoms with van der Waals surface area (Å²) in [5.41, 5.74) is 0.794. The molecule has 7 nitrogen and oxygen atoms in total. The Morgan fingerprint density at radius 1 is 1.08 bits per heavy atom. The summed E-state index contributed by atoms with van der Waals surface area (Å²) < 4.78 is 16.1. The van der Waals surface area contributed by atoms with Gasteiger partial charge in [-0.3, -0.25) is 0 Å². The first kappa shape index (κ1) is 16.3. The minimum atomic E-state index is 0.711. The van der Waals surface area contributed by atoms with E-state index in [0.29, 0.717) is 5.82 Å². The molecule has 1 saturated heterocycles. The predicted molar refractivity (Wildman–Crippen MR) is 92.6 cm³/mol. The van der Waals surface area contributed by atoms with E-state index in [1.807, 2.05) is 31.2 Å². The normalized spacial score (nSPS) is 14.4. The van der Waals surface area contributed by atoms with Gasteiger partial charge in [-0.1, -0.05) is 0 Å². The average Bonchev–Trinajstić information content (AvgIpc) is 2.62. The van der Waals surface area contributed by atoms with Crippen LogP contribution in [0.1, 0.15) is 5.82 Å². The summed E-state index contributed by atoms with van der Waals surface area (Å²) in [6.45, 7) is 4.99. The standard InChI is InChI=1S/C17H22N4O3/c1-12-18-16(11-17(19-12)21-6-8-24-9-7-21)20-14-10-13(22-2)4-5-15(14)23-3/h4-5,10-11H,6-9H2,1-3H3,(H,18,19,20). The maximum absolute atomic E-state index is 5.41. The van der Waals surface area contributed by atoms with Gasteiger partial charge in [0, 0.05) is 25.2 Å². The number of hydrogen-bond donors (Lipinski definition) is 1. The number of nitrogens with one attached hydrogen (secondary N) is 1. The van der Waals surface area contributed by atoms with Gasteiger partial charge in [-0.25, -0.2) is 9.97 Å². The minimum Gasteiger partial charge on any atom is -0.497 e. The summed E-state index contributed by atoms with van der Waals surface area (Å²) >= 11 is 0. The van der Waals surface area contributed by atoms with Gasteiger partial charge in [-0.2, -0.15) is 0 Å². The van der Waals surface area contributed by atoms with E-state index in [4.69, 9.17) is 14.2 Å². The lowest BCUT2D eigenvalue weighted by Gasteiger charge is -2.28. The van der Waals surface area contributed by atoms with Crippen LogP contribution in [-0.2, 0) is 4.74 Å². The van der Waals surface area contributed by atoms with E-state index in [1.54, 1.807) is 14.2 Å². The molecule has 0 radical (unpaired) electrons. The number of benzene rings is 1. The van der Waals surface area contributed by atoms with Crippen molar-refractivity contribution < 1.29 is 14.2 Å². The molecule has 2 heterocycles. The zero-order chi connectivity index (χ0) is 16.9.